The smallest absolute Gasteiger partial charge is 0.129 e. The van der Waals surface area contributed by atoms with Gasteiger partial charge in [-0.2, -0.15) is 0 Å². The van der Waals surface area contributed by atoms with Crippen molar-refractivity contribution in [2.45, 2.75) is 26.4 Å². The summed E-state index contributed by atoms with van der Waals surface area (Å²) in [5.74, 6) is 0. The van der Waals surface area contributed by atoms with Crippen LogP contribution >= 0.6 is 11.6 Å². The van der Waals surface area contributed by atoms with Gasteiger partial charge in [0.25, 0.3) is 0 Å². The van der Waals surface area contributed by atoms with E-state index in [0.717, 1.165) is 25.4 Å². The largest absolute Gasteiger partial charge is 0.383 e. The summed E-state index contributed by atoms with van der Waals surface area (Å²) in [5.41, 5.74) is 0.998. The molecule has 0 aliphatic carbocycles. The summed E-state index contributed by atoms with van der Waals surface area (Å²) in [7, 11) is 1.72. The summed E-state index contributed by atoms with van der Waals surface area (Å²) in [6.45, 7) is 6.78. The minimum absolute atomic E-state index is 0.468. The molecule has 4 heteroatoms. The Morgan fingerprint density at radius 3 is 2.75 bits per heavy atom. The van der Waals surface area contributed by atoms with Gasteiger partial charge in [-0.05, 0) is 26.0 Å². The van der Waals surface area contributed by atoms with Crippen LogP contribution in [0.1, 0.15) is 19.5 Å². The highest BCUT2D eigenvalue weighted by molar-refractivity contribution is 6.29. The van der Waals surface area contributed by atoms with E-state index in [2.05, 4.69) is 23.7 Å². The van der Waals surface area contributed by atoms with E-state index in [1.165, 1.54) is 0 Å². The minimum atomic E-state index is 0.468. The van der Waals surface area contributed by atoms with Gasteiger partial charge >= 0.3 is 0 Å². The zero-order valence-electron chi connectivity index (χ0n) is 10.1. The lowest BCUT2D eigenvalue weighted by Crippen LogP contribution is -2.33. The molecule has 0 saturated carbocycles. The predicted octanol–water partition coefficient (Wildman–Crippen LogP) is 2.59. The molecule has 0 aliphatic rings. The molecule has 0 saturated heterocycles. The molecule has 1 heterocycles. The Hall–Kier alpha value is -0.640. The number of aromatic nitrogens is 1. The molecule has 3 nitrogen and oxygen atoms in total. The van der Waals surface area contributed by atoms with E-state index >= 15 is 0 Å². The first-order valence-electron chi connectivity index (χ1n) is 5.48. The molecule has 0 atom stereocenters. The molecule has 0 spiro atoms. The highest BCUT2D eigenvalue weighted by Crippen LogP contribution is 2.09. The van der Waals surface area contributed by atoms with Crippen LogP contribution in [0.2, 0.25) is 5.15 Å². The SMILES string of the molecule is COCCN(Cc1cccc(Cl)n1)C(C)C. The van der Waals surface area contributed by atoms with E-state index in [9.17, 15) is 0 Å². The molecular weight excluding hydrogens is 224 g/mol. The van der Waals surface area contributed by atoms with Crippen molar-refractivity contribution in [2.75, 3.05) is 20.3 Å². The first kappa shape index (κ1) is 13.4. The number of methoxy groups -OCH3 is 1. The first-order valence-corrected chi connectivity index (χ1v) is 5.85. The van der Waals surface area contributed by atoms with Crippen LogP contribution in [-0.4, -0.2) is 36.2 Å². The molecule has 0 amide bonds. The second kappa shape index (κ2) is 6.84. The standard InChI is InChI=1S/C12H19ClN2O/c1-10(2)15(7-8-16-3)9-11-5-4-6-12(13)14-11/h4-6,10H,7-9H2,1-3H3. The van der Waals surface area contributed by atoms with Crippen molar-refractivity contribution >= 4 is 11.6 Å². The molecule has 0 N–H and O–H groups in total. The molecule has 1 aromatic heterocycles. The number of ether oxygens (including phenoxy) is 1. The summed E-state index contributed by atoms with van der Waals surface area (Å²) in [5, 5.41) is 0.549. The van der Waals surface area contributed by atoms with Gasteiger partial charge in [0.1, 0.15) is 5.15 Å². The monoisotopic (exact) mass is 242 g/mol. The average Bonchev–Trinajstić information content (AvgIpc) is 2.24. The quantitative estimate of drug-likeness (QED) is 0.717. The van der Waals surface area contributed by atoms with Crippen LogP contribution in [0.3, 0.4) is 0 Å². The topological polar surface area (TPSA) is 25.4 Å². The van der Waals surface area contributed by atoms with Crippen LogP contribution in [0.5, 0.6) is 0 Å². The third-order valence-corrected chi connectivity index (χ3v) is 2.66. The van der Waals surface area contributed by atoms with Gasteiger partial charge in [-0.15, -0.1) is 0 Å². The Bertz CT molecular complexity index is 318. The Kier molecular flexibility index (Phi) is 5.74. The lowest BCUT2D eigenvalue weighted by Gasteiger charge is -2.25. The minimum Gasteiger partial charge on any atom is -0.383 e. The molecule has 0 bridgehead atoms. The number of nitrogens with zero attached hydrogens (tertiary/aromatic N) is 2. The number of halogens is 1. The predicted molar refractivity (Wildman–Crippen MR) is 66.7 cm³/mol. The summed E-state index contributed by atoms with van der Waals surface area (Å²) >= 11 is 5.86. The third-order valence-electron chi connectivity index (χ3n) is 2.45. The first-order chi connectivity index (χ1) is 7.63. The maximum Gasteiger partial charge on any atom is 0.129 e. The molecule has 1 rings (SSSR count). The Morgan fingerprint density at radius 1 is 1.44 bits per heavy atom. The number of hydrogen-bond acceptors (Lipinski definition) is 3. The van der Waals surface area contributed by atoms with Gasteiger partial charge < -0.3 is 4.74 Å². The molecular formula is C12H19ClN2O. The fraction of sp³-hybridized carbons (Fsp3) is 0.583. The molecule has 0 aromatic carbocycles. The molecule has 16 heavy (non-hydrogen) atoms. The van der Waals surface area contributed by atoms with Crippen LogP contribution < -0.4 is 0 Å². The molecule has 1 aromatic rings. The fourth-order valence-corrected chi connectivity index (χ4v) is 1.66. The molecule has 0 fully saturated rings. The zero-order valence-corrected chi connectivity index (χ0v) is 10.9. The molecule has 0 aliphatic heterocycles. The van der Waals surface area contributed by atoms with E-state index in [1.807, 2.05) is 12.1 Å². The average molecular weight is 243 g/mol. The number of rotatable bonds is 6. The number of hydrogen-bond donors (Lipinski definition) is 0. The van der Waals surface area contributed by atoms with E-state index in [4.69, 9.17) is 16.3 Å². The van der Waals surface area contributed by atoms with Gasteiger partial charge in [0.15, 0.2) is 0 Å². The van der Waals surface area contributed by atoms with Crippen LogP contribution in [0.4, 0.5) is 0 Å². The van der Waals surface area contributed by atoms with Crippen molar-refractivity contribution in [2.24, 2.45) is 0 Å². The van der Waals surface area contributed by atoms with Crippen molar-refractivity contribution in [1.82, 2.24) is 9.88 Å². The van der Waals surface area contributed by atoms with E-state index in [0.29, 0.717) is 11.2 Å². The van der Waals surface area contributed by atoms with Gasteiger partial charge in [-0.3, -0.25) is 4.90 Å². The zero-order chi connectivity index (χ0) is 12.0. The van der Waals surface area contributed by atoms with E-state index in [1.54, 1.807) is 13.2 Å². The van der Waals surface area contributed by atoms with Gasteiger partial charge in [0.2, 0.25) is 0 Å². The van der Waals surface area contributed by atoms with Crippen LogP contribution in [0.25, 0.3) is 0 Å². The summed E-state index contributed by atoms with van der Waals surface area (Å²) in [4.78, 5) is 6.59. The van der Waals surface area contributed by atoms with Crippen molar-refractivity contribution in [3.05, 3.63) is 29.0 Å². The van der Waals surface area contributed by atoms with Crippen molar-refractivity contribution in [1.29, 1.82) is 0 Å². The van der Waals surface area contributed by atoms with Crippen LogP contribution in [-0.2, 0) is 11.3 Å². The van der Waals surface area contributed by atoms with Crippen molar-refractivity contribution < 1.29 is 4.74 Å². The van der Waals surface area contributed by atoms with Crippen LogP contribution in [0, 0.1) is 0 Å². The second-order valence-corrected chi connectivity index (χ2v) is 4.40. The summed E-state index contributed by atoms with van der Waals surface area (Å²) in [6, 6.07) is 6.18. The van der Waals surface area contributed by atoms with E-state index in [-0.39, 0.29) is 0 Å². The number of pyridine rings is 1. The Morgan fingerprint density at radius 2 is 2.19 bits per heavy atom. The van der Waals surface area contributed by atoms with Gasteiger partial charge in [0, 0.05) is 26.2 Å². The maximum atomic E-state index is 5.86. The third kappa shape index (κ3) is 4.47. The lowest BCUT2D eigenvalue weighted by molar-refractivity contribution is 0.124. The molecule has 0 radical (unpaired) electrons. The van der Waals surface area contributed by atoms with Crippen molar-refractivity contribution in [3.8, 4) is 0 Å². The highest BCUT2D eigenvalue weighted by atomic mass is 35.5. The fourth-order valence-electron chi connectivity index (χ4n) is 1.47. The lowest BCUT2D eigenvalue weighted by atomic mass is 10.2. The van der Waals surface area contributed by atoms with Gasteiger partial charge in [0.05, 0.1) is 12.3 Å². The highest BCUT2D eigenvalue weighted by Gasteiger charge is 2.10. The van der Waals surface area contributed by atoms with Gasteiger partial charge in [-0.1, -0.05) is 17.7 Å². The normalized spacial score (nSPS) is 11.4. The van der Waals surface area contributed by atoms with Crippen molar-refractivity contribution in [3.63, 3.8) is 0 Å². The van der Waals surface area contributed by atoms with Crippen LogP contribution in [0.15, 0.2) is 18.2 Å². The molecule has 0 unspecified atom stereocenters. The van der Waals surface area contributed by atoms with Gasteiger partial charge in [-0.25, -0.2) is 4.98 Å². The summed E-state index contributed by atoms with van der Waals surface area (Å²) in [6.07, 6.45) is 0. The van der Waals surface area contributed by atoms with E-state index < -0.39 is 0 Å². The Labute approximate surface area is 102 Å². The molecule has 90 valence electrons. The second-order valence-electron chi connectivity index (χ2n) is 4.01. The maximum absolute atomic E-state index is 5.86. The summed E-state index contributed by atoms with van der Waals surface area (Å²) < 4.78 is 5.10. The Balaban J connectivity index is 2.60.